The Morgan fingerprint density at radius 3 is 2.71 bits per heavy atom. The van der Waals surface area contributed by atoms with Gasteiger partial charge in [0.1, 0.15) is 5.01 Å². The number of benzene rings is 1. The topological polar surface area (TPSA) is 69.1 Å². The Kier molecular flexibility index (Phi) is 3.11. The van der Waals surface area contributed by atoms with Crippen LogP contribution in [0, 0.1) is 0 Å². The first kappa shape index (κ1) is 12.8. The fourth-order valence-electron chi connectivity index (χ4n) is 3.05. The zero-order valence-corrected chi connectivity index (χ0v) is 12.5. The third-order valence-electron chi connectivity index (χ3n) is 4.18. The molecule has 4 rings (SSSR count). The fraction of sp³-hybridized carbons (Fsp3) is 0.400. The molecule has 0 spiro atoms. The molecular formula is C15H17N5S. The number of hydrogen-bond acceptors (Lipinski definition) is 5. The van der Waals surface area contributed by atoms with E-state index in [2.05, 4.69) is 10.2 Å². The highest BCUT2D eigenvalue weighted by Crippen LogP contribution is 2.34. The molecule has 6 heteroatoms. The van der Waals surface area contributed by atoms with Crippen molar-refractivity contribution in [1.82, 2.24) is 19.8 Å². The maximum atomic E-state index is 6.05. The average molecular weight is 299 g/mol. The van der Waals surface area contributed by atoms with Crippen molar-refractivity contribution in [2.75, 3.05) is 5.73 Å². The molecule has 0 atom stereocenters. The van der Waals surface area contributed by atoms with Gasteiger partial charge < -0.3 is 5.73 Å². The molecule has 0 aliphatic heterocycles. The second-order valence-corrected chi connectivity index (χ2v) is 6.54. The molecule has 1 fully saturated rings. The number of nitrogens with zero attached hydrogens (tertiary/aromatic N) is 4. The number of anilines is 1. The minimum absolute atomic E-state index is 0.497. The molecule has 0 amide bonds. The average Bonchev–Trinajstić information content (AvgIpc) is 3.08. The standard InChI is InChI=1S/C15H17N5S/c16-12-9-5-4-8-11(12)14-19-20-13(17-18-15(20)21-14)10-6-2-1-3-7-10/h4-5,8-10H,1-3,6-7,16H2. The summed E-state index contributed by atoms with van der Waals surface area (Å²) in [5.41, 5.74) is 7.77. The summed E-state index contributed by atoms with van der Waals surface area (Å²) in [5.74, 6) is 1.51. The Bertz CT molecular complexity index is 769. The van der Waals surface area contributed by atoms with Crippen molar-refractivity contribution < 1.29 is 0 Å². The van der Waals surface area contributed by atoms with Gasteiger partial charge in [-0.3, -0.25) is 0 Å². The Hall–Kier alpha value is -1.95. The van der Waals surface area contributed by atoms with Gasteiger partial charge in [-0.25, -0.2) is 0 Å². The summed E-state index contributed by atoms with van der Waals surface area (Å²) in [6, 6.07) is 7.82. The molecule has 0 saturated heterocycles. The lowest BCUT2D eigenvalue weighted by atomic mass is 9.89. The third kappa shape index (κ3) is 2.19. The van der Waals surface area contributed by atoms with Crippen molar-refractivity contribution in [2.24, 2.45) is 0 Å². The van der Waals surface area contributed by atoms with Crippen LogP contribution in [0.25, 0.3) is 15.5 Å². The summed E-state index contributed by atoms with van der Waals surface area (Å²) >= 11 is 1.55. The van der Waals surface area contributed by atoms with E-state index < -0.39 is 0 Å². The van der Waals surface area contributed by atoms with Crippen LogP contribution in [-0.4, -0.2) is 19.8 Å². The van der Waals surface area contributed by atoms with Crippen LogP contribution in [0.5, 0.6) is 0 Å². The second-order valence-electron chi connectivity index (χ2n) is 5.58. The van der Waals surface area contributed by atoms with Crippen LogP contribution >= 0.6 is 11.3 Å². The Morgan fingerprint density at radius 2 is 1.90 bits per heavy atom. The largest absolute Gasteiger partial charge is 0.398 e. The number of aromatic nitrogens is 4. The van der Waals surface area contributed by atoms with Crippen LogP contribution in [0.3, 0.4) is 0 Å². The molecule has 5 nitrogen and oxygen atoms in total. The van der Waals surface area contributed by atoms with E-state index in [1.807, 2.05) is 28.8 Å². The van der Waals surface area contributed by atoms with Crippen LogP contribution in [0.15, 0.2) is 24.3 Å². The quantitative estimate of drug-likeness (QED) is 0.735. The summed E-state index contributed by atoms with van der Waals surface area (Å²) in [6.07, 6.45) is 6.29. The Balaban J connectivity index is 1.77. The predicted molar refractivity (Wildman–Crippen MR) is 84.3 cm³/mol. The highest BCUT2D eigenvalue weighted by Gasteiger charge is 2.23. The van der Waals surface area contributed by atoms with Crippen molar-refractivity contribution >= 4 is 22.0 Å². The first-order valence-electron chi connectivity index (χ1n) is 7.40. The van der Waals surface area contributed by atoms with Gasteiger partial charge >= 0.3 is 0 Å². The smallest absolute Gasteiger partial charge is 0.234 e. The molecule has 0 radical (unpaired) electrons. The van der Waals surface area contributed by atoms with Gasteiger partial charge in [-0.1, -0.05) is 42.7 Å². The molecular weight excluding hydrogens is 282 g/mol. The van der Waals surface area contributed by atoms with E-state index in [0.717, 1.165) is 27.0 Å². The van der Waals surface area contributed by atoms with Crippen molar-refractivity contribution in [3.8, 4) is 10.6 Å². The Morgan fingerprint density at radius 1 is 1.10 bits per heavy atom. The van der Waals surface area contributed by atoms with Gasteiger partial charge in [0.2, 0.25) is 4.96 Å². The number of rotatable bonds is 2. The van der Waals surface area contributed by atoms with E-state index in [1.165, 1.54) is 32.1 Å². The van der Waals surface area contributed by atoms with Crippen LogP contribution < -0.4 is 5.73 Å². The number of hydrogen-bond donors (Lipinski definition) is 1. The lowest BCUT2D eigenvalue weighted by molar-refractivity contribution is 0.423. The molecule has 3 aromatic rings. The first-order valence-corrected chi connectivity index (χ1v) is 8.21. The summed E-state index contributed by atoms with van der Waals surface area (Å²) in [4.78, 5) is 0.855. The number of para-hydroxylation sites is 1. The normalized spacial score (nSPS) is 16.6. The van der Waals surface area contributed by atoms with Crippen LogP contribution in [0.2, 0.25) is 0 Å². The van der Waals surface area contributed by atoms with Gasteiger partial charge in [0.05, 0.1) is 0 Å². The number of nitrogen functional groups attached to an aromatic ring is 1. The van der Waals surface area contributed by atoms with E-state index in [9.17, 15) is 0 Å². The van der Waals surface area contributed by atoms with E-state index >= 15 is 0 Å². The Labute approximate surface area is 126 Å². The molecule has 0 unspecified atom stereocenters. The number of fused-ring (bicyclic) bond motifs is 1. The maximum absolute atomic E-state index is 6.05. The maximum Gasteiger partial charge on any atom is 0.234 e. The lowest BCUT2D eigenvalue weighted by Gasteiger charge is -2.18. The van der Waals surface area contributed by atoms with Gasteiger partial charge in [0.25, 0.3) is 0 Å². The summed E-state index contributed by atoms with van der Waals surface area (Å²) in [6.45, 7) is 0. The van der Waals surface area contributed by atoms with Crippen LogP contribution in [0.1, 0.15) is 43.8 Å². The van der Waals surface area contributed by atoms with Gasteiger partial charge in [-0.05, 0) is 25.0 Å². The monoisotopic (exact) mass is 299 g/mol. The summed E-state index contributed by atoms with van der Waals surface area (Å²) < 4.78 is 1.92. The van der Waals surface area contributed by atoms with Crippen molar-refractivity contribution in [2.45, 2.75) is 38.0 Å². The molecule has 2 N–H and O–H groups in total. The minimum Gasteiger partial charge on any atom is -0.398 e. The molecule has 108 valence electrons. The lowest BCUT2D eigenvalue weighted by Crippen LogP contribution is -2.09. The van der Waals surface area contributed by atoms with E-state index in [-0.39, 0.29) is 0 Å². The van der Waals surface area contributed by atoms with Gasteiger partial charge in [0, 0.05) is 17.2 Å². The van der Waals surface area contributed by atoms with Crippen LogP contribution in [0.4, 0.5) is 5.69 Å². The summed E-state index contributed by atoms with van der Waals surface area (Å²) in [5, 5.41) is 14.3. The zero-order chi connectivity index (χ0) is 14.2. The van der Waals surface area contributed by atoms with Gasteiger partial charge in [-0.15, -0.1) is 10.2 Å². The highest BCUT2D eigenvalue weighted by atomic mass is 32.1. The molecule has 1 aromatic carbocycles. The molecule has 1 aliphatic carbocycles. The molecule has 21 heavy (non-hydrogen) atoms. The fourth-order valence-corrected chi connectivity index (χ4v) is 3.94. The molecule has 1 aliphatic rings. The molecule has 2 aromatic heterocycles. The molecule has 1 saturated carbocycles. The van der Waals surface area contributed by atoms with E-state index in [4.69, 9.17) is 10.8 Å². The van der Waals surface area contributed by atoms with E-state index in [1.54, 1.807) is 11.3 Å². The van der Waals surface area contributed by atoms with Crippen LogP contribution in [-0.2, 0) is 0 Å². The first-order chi connectivity index (χ1) is 10.3. The molecule has 2 heterocycles. The predicted octanol–water partition coefficient (Wildman–Crippen LogP) is 3.48. The van der Waals surface area contributed by atoms with Crippen molar-refractivity contribution in [3.05, 3.63) is 30.1 Å². The SMILES string of the molecule is Nc1ccccc1-c1nn2c(C3CCCCC3)nnc2s1. The van der Waals surface area contributed by atoms with Gasteiger partial charge in [0.15, 0.2) is 5.82 Å². The minimum atomic E-state index is 0.497. The summed E-state index contributed by atoms with van der Waals surface area (Å²) in [7, 11) is 0. The zero-order valence-electron chi connectivity index (χ0n) is 11.7. The highest BCUT2D eigenvalue weighted by molar-refractivity contribution is 7.19. The second kappa shape index (κ2) is 5.11. The number of nitrogens with two attached hydrogens (primary N) is 1. The van der Waals surface area contributed by atoms with Gasteiger partial charge in [-0.2, -0.15) is 9.61 Å². The van der Waals surface area contributed by atoms with Crippen molar-refractivity contribution in [3.63, 3.8) is 0 Å². The van der Waals surface area contributed by atoms with Crippen molar-refractivity contribution in [1.29, 1.82) is 0 Å². The van der Waals surface area contributed by atoms with E-state index in [0.29, 0.717) is 5.92 Å². The third-order valence-corrected chi connectivity index (χ3v) is 5.11. The molecule has 0 bridgehead atoms.